The second-order valence-electron chi connectivity index (χ2n) is 5.19. The lowest BCUT2D eigenvalue weighted by molar-refractivity contribution is -0.142. The predicted molar refractivity (Wildman–Crippen MR) is 74.0 cm³/mol. The van der Waals surface area contributed by atoms with Crippen LogP contribution in [-0.2, 0) is 9.59 Å². The summed E-state index contributed by atoms with van der Waals surface area (Å²) in [7, 11) is 0. The maximum absolute atomic E-state index is 12.2. The predicted octanol–water partition coefficient (Wildman–Crippen LogP) is 2.48. The van der Waals surface area contributed by atoms with Crippen molar-refractivity contribution in [2.75, 3.05) is 0 Å². The molecule has 0 aromatic heterocycles. The molecule has 2 amide bonds. The van der Waals surface area contributed by atoms with Crippen molar-refractivity contribution in [3.05, 3.63) is 23.4 Å². The molecule has 19 heavy (non-hydrogen) atoms. The smallest absolute Gasteiger partial charge is 0.259 e. The van der Waals surface area contributed by atoms with Crippen molar-refractivity contribution in [1.29, 1.82) is 0 Å². The van der Waals surface area contributed by atoms with Gasteiger partial charge in [-0.2, -0.15) is 0 Å². The minimum Gasteiger partial charge on any atom is -0.368 e. The van der Waals surface area contributed by atoms with Crippen LogP contribution in [-0.4, -0.2) is 22.9 Å². The van der Waals surface area contributed by atoms with Gasteiger partial charge in [-0.15, -0.1) is 0 Å². The van der Waals surface area contributed by atoms with Gasteiger partial charge in [-0.1, -0.05) is 12.2 Å². The van der Waals surface area contributed by atoms with Crippen molar-refractivity contribution in [2.24, 2.45) is 0 Å². The van der Waals surface area contributed by atoms with E-state index >= 15 is 0 Å². The molecule has 1 atom stereocenters. The third-order valence-corrected chi connectivity index (χ3v) is 3.83. The van der Waals surface area contributed by atoms with Crippen molar-refractivity contribution < 1.29 is 9.59 Å². The molecule has 0 aliphatic carbocycles. The number of allylic oxidation sites excluding steroid dienone is 3. The first-order chi connectivity index (χ1) is 9.15. The van der Waals surface area contributed by atoms with Crippen LogP contribution < -0.4 is 5.32 Å². The number of carbonyl (C=O) groups is 2. The topological polar surface area (TPSA) is 49.4 Å². The van der Waals surface area contributed by atoms with Gasteiger partial charge in [0, 0.05) is 17.7 Å². The van der Waals surface area contributed by atoms with E-state index in [1.807, 2.05) is 13.8 Å². The highest BCUT2D eigenvalue weighted by Crippen LogP contribution is 2.27. The van der Waals surface area contributed by atoms with Crippen LogP contribution in [0.1, 0.15) is 52.4 Å². The summed E-state index contributed by atoms with van der Waals surface area (Å²) in [5, 5.41) is 3.36. The zero-order chi connectivity index (χ0) is 13.8. The number of amides is 2. The van der Waals surface area contributed by atoms with E-state index in [0.717, 1.165) is 37.8 Å². The molecule has 0 spiro atoms. The van der Waals surface area contributed by atoms with Crippen LogP contribution >= 0.6 is 0 Å². The number of carbonyl (C=O) groups excluding carboxylic acids is 2. The van der Waals surface area contributed by atoms with E-state index < -0.39 is 0 Å². The molecule has 0 aromatic carbocycles. The van der Waals surface area contributed by atoms with Crippen molar-refractivity contribution in [1.82, 2.24) is 10.2 Å². The fourth-order valence-electron chi connectivity index (χ4n) is 2.68. The summed E-state index contributed by atoms with van der Waals surface area (Å²) in [4.78, 5) is 25.2. The highest BCUT2D eigenvalue weighted by molar-refractivity contribution is 6.06. The van der Waals surface area contributed by atoms with Gasteiger partial charge in [0.15, 0.2) is 0 Å². The van der Waals surface area contributed by atoms with Crippen molar-refractivity contribution in [3.63, 3.8) is 0 Å². The lowest BCUT2D eigenvalue weighted by Crippen LogP contribution is -2.51. The molecule has 2 aliphatic heterocycles. The van der Waals surface area contributed by atoms with E-state index in [2.05, 4.69) is 17.5 Å². The number of hydrogen-bond acceptors (Lipinski definition) is 3. The Balaban J connectivity index is 1.95. The molecule has 0 aromatic rings. The normalized spacial score (nSPS) is 23.3. The second-order valence-corrected chi connectivity index (χ2v) is 5.19. The fourth-order valence-corrected chi connectivity index (χ4v) is 2.68. The highest BCUT2D eigenvalue weighted by atomic mass is 16.2. The summed E-state index contributed by atoms with van der Waals surface area (Å²) in [5.41, 5.74) is 1.74. The molecule has 2 aliphatic rings. The van der Waals surface area contributed by atoms with Gasteiger partial charge >= 0.3 is 0 Å². The zero-order valence-electron chi connectivity index (χ0n) is 11.7. The molecule has 104 valence electrons. The van der Waals surface area contributed by atoms with E-state index in [-0.39, 0.29) is 18.0 Å². The van der Waals surface area contributed by atoms with Gasteiger partial charge in [0.2, 0.25) is 5.91 Å². The van der Waals surface area contributed by atoms with Crippen LogP contribution in [0.5, 0.6) is 0 Å². The third-order valence-electron chi connectivity index (χ3n) is 3.83. The van der Waals surface area contributed by atoms with Crippen LogP contribution in [0.25, 0.3) is 0 Å². The average Bonchev–Trinajstić information content (AvgIpc) is 2.76. The van der Waals surface area contributed by atoms with E-state index in [9.17, 15) is 9.59 Å². The summed E-state index contributed by atoms with van der Waals surface area (Å²) in [6.45, 7) is 3.85. The molecule has 4 nitrogen and oxygen atoms in total. The van der Waals surface area contributed by atoms with Crippen molar-refractivity contribution >= 4 is 11.8 Å². The first kappa shape index (κ1) is 13.8. The van der Waals surface area contributed by atoms with Gasteiger partial charge in [-0.25, -0.2) is 0 Å². The molecule has 2 rings (SSSR count). The molecule has 1 saturated heterocycles. The van der Waals surface area contributed by atoms with Gasteiger partial charge in [-0.3, -0.25) is 14.5 Å². The van der Waals surface area contributed by atoms with E-state index in [4.69, 9.17) is 0 Å². The molecule has 1 fully saturated rings. The Kier molecular flexibility index (Phi) is 4.40. The first-order valence-electron chi connectivity index (χ1n) is 7.09. The van der Waals surface area contributed by atoms with Crippen LogP contribution in [0.4, 0.5) is 0 Å². The molecule has 2 heterocycles. The minimum atomic E-state index is -0.103. The lowest BCUT2D eigenvalue weighted by atomic mass is 10.0. The van der Waals surface area contributed by atoms with Crippen LogP contribution in [0.2, 0.25) is 0 Å². The Hall–Kier alpha value is -1.58. The maximum atomic E-state index is 12.2. The molecular weight excluding hydrogens is 240 g/mol. The number of imide groups is 1. The summed E-state index contributed by atoms with van der Waals surface area (Å²) < 4.78 is 0. The summed E-state index contributed by atoms with van der Waals surface area (Å²) in [5.74, 6) is -0.149. The lowest BCUT2D eigenvalue weighted by Gasteiger charge is -2.32. The van der Waals surface area contributed by atoms with E-state index in [0.29, 0.717) is 12.0 Å². The van der Waals surface area contributed by atoms with Gasteiger partial charge < -0.3 is 5.32 Å². The monoisotopic (exact) mass is 262 g/mol. The molecule has 4 heteroatoms. The molecule has 0 unspecified atom stereocenters. The number of nitrogens with one attached hydrogen (secondary N) is 1. The van der Waals surface area contributed by atoms with E-state index in [1.54, 1.807) is 0 Å². The van der Waals surface area contributed by atoms with Crippen LogP contribution in [0, 0.1) is 0 Å². The molecule has 0 radical (unpaired) electrons. The maximum Gasteiger partial charge on any atom is 0.259 e. The molecule has 1 N–H and O–H groups in total. The summed E-state index contributed by atoms with van der Waals surface area (Å²) in [6.07, 6.45) is 9.52. The Morgan fingerprint density at radius 2 is 2.16 bits per heavy atom. The minimum absolute atomic E-state index is 0.0472. The second kappa shape index (κ2) is 6.04. The highest BCUT2D eigenvalue weighted by Gasteiger charge is 2.40. The largest absolute Gasteiger partial charge is 0.368 e. The van der Waals surface area contributed by atoms with Crippen molar-refractivity contribution in [3.8, 4) is 0 Å². The number of unbranched alkanes of at least 4 members (excludes halogenated alkanes) is 2. The quantitative estimate of drug-likeness (QED) is 0.470. The number of fused-ring (bicyclic) bond motifs is 1. The number of rotatable bonds is 5. The molecule has 0 bridgehead atoms. The molecule has 0 saturated carbocycles. The fraction of sp³-hybridized carbons (Fsp3) is 0.600. The van der Waals surface area contributed by atoms with Crippen LogP contribution in [0.15, 0.2) is 23.4 Å². The van der Waals surface area contributed by atoms with Gasteiger partial charge in [0.25, 0.3) is 5.91 Å². The molecular formula is C15H22N2O2. The Labute approximate surface area is 114 Å². The zero-order valence-corrected chi connectivity index (χ0v) is 11.7. The third kappa shape index (κ3) is 2.88. The summed E-state index contributed by atoms with van der Waals surface area (Å²) >= 11 is 0. The number of hydrogen-bond donors (Lipinski definition) is 1. The Morgan fingerprint density at radius 1 is 1.37 bits per heavy atom. The SMILES string of the molecule is C/C=C/CCCCC1=C(C)C(=O)N2C(=O)CC[C@H]2N1. The first-order valence-corrected chi connectivity index (χ1v) is 7.09. The van der Waals surface area contributed by atoms with Gasteiger partial charge in [0.05, 0.1) is 0 Å². The van der Waals surface area contributed by atoms with E-state index in [1.165, 1.54) is 4.90 Å². The average molecular weight is 262 g/mol. The summed E-state index contributed by atoms with van der Waals surface area (Å²) in [6, 6.07) is 0. The van der Waals surface area contributed by atoms with Gasteiger partial charge in [-0.05, 0) is 46.0 Å². The van der Waals surface area contributed by atoms with Gasteiger partial charge in [0.1, 0.15) is 6.17 Å². The Morgan fingerprint density at radius 3 is 2.89 bits per heavy atom. The standard InChI is InChI=1S/C15H22N2O2/c1-3-4-5-6-7-8-12-11(2)15(19)17-13(16-12)9-10-14(17)18/h3-4,13,16H,5-10H2,1-2H3/b4-3+/t13-/m0/s1. The van der Waals surface area contributed by atoms with Crippen LogP contribution in [0.3, 0.4) is 0 Å². The van der Waals surface area contributed by atoms with Crippen molar-refractivity contribution in [2.45, 2.75) is 58.5 Å². The number of nitrogens with zero attached hydrogens (tertiary/aromatic N) is 1. The Bertz CT molecular complexity index is 437.